The molecule has 1 N–H and O–H groups in total. The minimum atomic E-state index is -0.163. The molecule has 0 saturated carbocycles. The Morgan fingerprint density at radius 2 is 2.11 bits per heavy atom. The van der Waals surface area contributed by atoms with E-state index in [1.54, 1.807) is 7.11 Å². The number of hydrogen-bond acceptors (Lipinski definition) is 4. The van der Waals surface area contributed by atoms with Gasteiger partial charge in [0.25, 0.3) is 0 Å². The average molecular weight is 265 g/mol. The quantitative estimate of drug-likeness (QED) is 0.734. The Labute approximate surface area is 115 Å². The number of nitrogens with one attached hydrogen (secondary N) is 1. The van der Waals surface area contributed by atoms with Crippen molar-refractivity contribution in [3.05, 3.63) is 29.8 Å². The van der Waals surface area contributed by atoms with Crippen molar-refractivity contribution in [2.24, 2.45) is 5.92 Å². The summed E-state index contributed by atoms with van der Waals surface area (Å²) in [6, 6.07) is 8.07. The second-order valence-corrected chi connectivity index (χ2v) is 4.43. The molecule has 0 aliphatic carbocycles. The van der Waals surface area contributed by atoms with Gasteiger partial charge in [-0.15, -0.1) is 0 Å². The molecular weight excluding hydrogens is 242 g/mol. The van der Waals surface area contributed by atoms with Crippen molar-refractivity contribution in [2.75, 3.05) is 32.2 Å². The molecule has 19 heavy (non-hydrogen) atoms. The zero-order valence-electron chi connectivity index (χ0n) is 11.9. The monoisotopic (exact) mass is 265 g/mol. The minimum absolute atomic E-state index is 0.157. The summed E-state index contributed by atoms with van der Waals surface area (Å²) in [5.74, 6) is -0.320. The summed E-state index contributed by atoms with van der Waals surface area (Å²) in [5, 5.41) is 3.30. The van der Waals surface area contributed by atoms with Gasteiger partial charge in [-0.2, -0.15) is 0 Å². The Bertz CT molecular complexity index is 393. The van der Waals surface area contributed by atoms with E-state index in [9.17, 15) is 4.79 Å². The van der Waals surface area contributed by atoms with Crippen LogP contribution in [0.4, 0.5) is 5.69 Å². The second kappa shape index (κ2) is 8.53. The lowest BCUT2D eigenvalue weighted by molar-refractivity contribution is -0.146. The molecule has 106 valence electrons. The Kier molecular flexibility index (Phi) is 6.97. The predicted octanol–water partition coefficient (Wildman–Crippen LogP) is 2.49. The highest BCUT2D eigenvalue weighted by atomic mass is 16.5. The number of carbonyl (C=O) groups excluding carboxylic acids is 1. The molecule has 0 spiro atoms. The number of carbonyl (C=O) groups is 1. The summed E-state index contributed by atoms with van der Waals surface area (Å²) in [4.78, 5) is 11.5. The van der Waals surface area contributed by atoms with Crippen molar-refractivity contribution in [3.63, 3.8) is 0 Å². The third kappa shape index (κ3) is 5.30. The zero-order chi connectivity index (χ0) is 14.1. The van der Waals surface area contributed by atoms with Crippen LogP contribution in [0.5, 0.6) is 0 Å². The zero-order valence-corrected chi connectivity index (χ0v) is 11.9. The lowest BCUT2D eigenvalue weighted by Crippen LogP contribution is -2.23. The van der Waals surface area contributed by atoms with Crippen molar-refractivity contribution >= 4 is 11.7 Å². The molecular formula is C15H23NO3. The predicted molar refractivity (Wildman–Crippen MR) is 76.3 cm³/mol. The van der Waals surface area contributed by atoms with Crippen LogP contribution in [0.2, 0.25) is 0 Å². The number of benzene rings is 1. The molecule has 1 unspecified atom stereocenters. The van der Waals surface area contributed by atoms with Crippen molar-refractivity contribution < 1.29 is 14.3 Å². The van der Waals surface area contributed by atoms with Gasteiger partial charge in [-0.1, -0.05) is 25.1 Å². The summed E-state index contributed by atoms with van der Waals surface area (Å²) >= 11 is 0. The molecule has 0 heterocycles. The highest BCUT2D eigenvalue weighted by Crippen LogP contribution is 2.16. The number of ether oxygens (including phenoxy) is 2. The Balaban J connectivity index is 2.54. The molecule has 0 bridgehead atoms. The van der Waals surface area contributed by atoms with Gasteiger partial charge >= 0.3 is 5.97 Å². The van der Waals surface area contributed by atoms with Gasteiger partial charge in [0.05, 0.1) is 19.1 Å². The van der Waals surface area contributed by atoms with Crippen molar-refractivity contribution in [3.8, 4) is 0 Å². The van der Waals surface area contributed by atoms with Crippen LogP contribution in [0, 0.1) is 5.92 Å². The van der Waals surface area contributed by atoms with Crippen molar-refractivity contribution in [1.82, 2.24) is 0 Å². The van der Waals surface area contributed by atoms with Gasteiger partial charge in [0.2, 0.25) is 0 Å². The van der Waals surface area contributed by atoms with Crippen LogP contribution in [0.1, 0.15) is 19.4 Å². The lowest BCUT2D eigenvalue weighted by atomic mass is 10.1. The molecule has 0 amide bonds. The first kappa shape index (κ1) is 15.5. The van der Waals surface area contributed by atoms with Crippen molar-refractivity contribution in [1.29, 1.82) is 0 Å². The number of anilines is 1. The first-order valence-electron chi connectivity index (χ1n) is 6.66. The van der Waals surface area contributed by atoms with Crippen LogP contribution < -0.4 is 5.32 Å². The van der Waals surface area contributed by atoms with Gasteiger partial charge in [-0.3, -0.25) is 4.79 Å². The van der Waals surface area contributed by atoms with E-state index in [0.717, 1.165) is 12.1 Å². The number of rotatable bonds is 8. The van der Waals surface area contributed by atoms with Crippen LogP contribution in [0.3, 0.4) is 0 Å². The number of methoxy groups -OCH3 is 1. The molecule has 0 radical (unpaired) electrons. The van der Waals surface area contributed by atoms with E-state index in [1.165, 1.54) is 5.56 Å². The highest BCUT2D eigenvalue weighted by molar-refractivity contribution is 5.72. The Morgan fingerprint density at radius 3 is 2.79 bits per heavy atom. The molecule has 0 fully saturated rings. The summed E-state index contributed by atoms with van der Waals surface area (Å²) in [5.41, 5.74) is 2.25. The fourth-order valence-electron chi connectivity index (χ4n) is 1.75. The van der Waals surface area contributed by atoms with E-state index >= 15 is 0 Å². The fraction of sp³-hybridized carbons (Fsp3) is 0.533. The van der Waals surface area contributed by atoms with Gasteiger partial charge in [0, 0.05) is 19.3 Å². The number of esters is 1. The molecule has 1 aromatic rings. The van der Waals surface area contributed by atoms with Crippen LogP contribution in [0.25, 0.3) is 0 Å². The lowest BCUT2D eigenvalue weighted by Gasteiger charge is -2.15. The van der Waals surface area contributed by atoms with E-state index < -0.39 is 0 Å². The summed E-state index contributed by atoms with van der Waals surface area (Å²) < 4.78 is 10.1. The maximum Gasteiger partial charge on any atom is 0.310 e. The molecule has 4 nitrogen and oxygen atoms in total. The molecule has 0 aliphatic rings. The molecule has 1 rings (SSSR count). The Hall–Kier alpha value is -1.55. The van der Waals surface area contributed by atoms with E-state index in [1.807, 2.05) is 32.0 Å². The van der Waals surface area contributed by atoms with Crippen LogP contribution >= 0.6 is 0 Å². The SMILES string of the molecule is CCOC(=O)C(C)CNc1ccccc1CCOC. The van der Waals surface area contributed by atoms with E-state index in [2.05, 4.69) is 11.4 Å². The summed E-state index contributed by atoms with van der Waals surface area (Å²) in [7, 11) is 1.69. The smallest absolute Gasteiger partial charge is 0.310 e. The van der Waals surface area contributed by atoms with E-state index in [0.29, 0.717) is 19.8 Å². The highest BCUT2D eigenvalue weighted by Gasteiger charge is 2.13. The third-order valence-corrected chi connectivity index (χ3v) is 2.88. The maximum absolute atomic E-state index is 11.5. The van der Waals surface area contributed by atoms with Gasteiger partial charge < -0.3 is 14.8 Å². The third-order valence-electron chi connectivity index (χ3n) is 2.88. The normalized spacial score (nSPS) is 11.9. The molecule has 0 aromatic heterocycles. The summed E-state index contributed by atoms with van der Waals surface area (Å²) in [6.45, 7) is 5.36. The maximum atomic E-state index is 11.5. The van der Waals surface area contributed by atoms with E-state index in [-0.39, 0.29) is 11.9 Å². The molecule has 4 heteroatoms. The molecule has 0 saturated heterocycles. The minimum Gasteiger partial charge on any atom is -0.466 e. The largest absolute Gasteiger partial charge is 0.466 e. The van der Waals surface area contributed by atoms with Gasteiger partial charge in [-0.25, -0.2) is 0 Å². The average Bonchev–Trinajstić information content (AvgIpc) is 2.43. The Morgan fingerprint density at radius 1 is 1.37 bits per heavy atom. The second-order valence-electron chi connectivity index (χ2n) is 4.43. The van der Waals surface area contributed by atoms with Gasteiger partial charge in [0.15, 0.2) is 0 Å². The molecule has 1 atom stereocenters. The standard InChI is InChI=1S/C15H23NO3/c1-4-19-15(17)12(2)11-16-14-8-6-5-7-13(14)9-10-18-3/h5-8,12,16H,4,9-11H2,1-3H3. The van der Waals surface area contributed by atoms with Gasteiger partial charge in [-0.05, 0) is 25.0 Å². The van der Waals surface area contributed by atoms with Crippen LogP contribution in [-0.2, 0) is 20.7 Å². The van der Waals surface area contributed by atoms with Gasteiger partial charge in [0.1, 0.15) is 0 Å². The fourth-order valence-corrected chi connectivity index (χ4v) is 1.75. The molecule has 0 aliphatic heterocycles. The first-order chi connectivity index (χ1) is 9.19. The first-order valence-corrected chi connectivity index (χ1v) is 6.66. The summed E-state index contributed by atoms with van der Waals surface area (Å²) in [6.07, 6.45) is 0.855. The number of para-hydroxylation sites is 1. The van der Waals surface area contributed by atoms with Crippen LogP contribution in [-0.4, -0.2) is 32.8 Å². The van der Waals surface area contributed by atoms with E-state index in [4.69, 9.17) is 9.47 Å². The van der Waals surface area contributed by atoms with Crippen molar-refractivity contribution in [2.45, 2.75) is 20.3 Å². The topological polar surface area (TPSA) is 47.6 Å². The molecule has 1 aromatic carbocycles. The number of hydrogen-bond donors (Lipinski definition) is 1. The van der Waals surface area contributed by atoms with Crippen LogP contribution in [0.15, 0.2) is 24.3 Å².